The minimum atomic E-state index is -0.465. The van der Waals surface area contributed by atoms with Gasteiger partial charge in [0.2, 0.25) is 0 Å². The van der Waals surface area contributed by atoms with Crippen LogP contribution < -0.4 is 10.5 Å². The molecule has 1 aliphatic heterocycles. The van der Waals surface area contributed by atoms with Gasteiger partial charge < -0.3 is 15.6 Å². The van der Waals surface area contributed by atoms with Crippen molar-refractivity contribution in [3.8, 4) is 5.75 Å². The Balaban J connectivity index is 0.00000180. The number of hydrogen-bond donors (Lipinski definition) is 2. The molecule has 4 heteroatoms. The van der Waals surface area contributed by atoms with Gasteiger partial charge in [-0.1, -0.05) is 26.0 Å². The minimum Gasteiger partial charge on any atom is -0.493 e. The second-order valence-electron chi connectivity index (χ2n) is 5.53. The van der Waals surface area contributed by atoms with Crippen molar-refractivity contribution in [2.45, 2.75) is 45.3 Å². The van der Waals surface area contributed by atoms with E-state index in [1.807, 2.05) is 12.1 Å². The molecule has 1 aromatic carbocycles. The number of halogens is 1. The van der Waals surface area contributed by atoms with E-state index in [9.17, 15) is 5.11 Å². The van der Waals surface area contributed by atoms with Crippen molar-refractivity contribution in [2.75, 3.05) is 6.61 Å². The lowest BCUT2D eigenvalue weighted by Gasteiger charge is -2.20. The molecule has 3 nitrogen and oxygen atoms in total. The molecule has 0 spiro atoms. The summed E-state index contributed by atoms with van der Waals surface area (Å²) in [6.45, 7) is 5.07. The molecule has 0 saturated heterocycles. The van der Waals surface area contributed by atoms with Crippen LogP contribution in [0.5, 0.6) is 5.75 Å². The number of benzene rings is 1. The van der Waals surface area contributed by atoms with Crippen LogP contribution in [0.4, 0.5) is 0 Å². The molecular weight excluding hydrogens is 262 g/mol. The summed E-state index contributed by atoms with van der Waals surface area (Å²) in [5.74, 6) is 1.56. The van der Waals surface area contributed by atoms with Gasteiger partial charge in [-0.3, -0.25) is 0 Å². The van der Waals surface area contributed by atoms with Crippen molar-refractivity contribution >= 4 is 12.4 Å². The van der Waals surface area contributed by atoms with Gasteiger partial charge in [0.1, 0.15) is 5.75 Å². The predicted octanol–water partition coefficient (Wildman–Crippen LogP) is 2.84. The Hall–Kier alpha value is -0.770. The highest BCUT2D eigenvalue weighted by molar-refractivity contribution is 5.85. The Kier molecular flexibility index (Phi) is 6.11. The fourth-order valence-corrected chi connectivity index (χ4v) is 2.32. The molecule has 108 valence electrons. The first-order valence-electron chi connectivity index (χ1n) is 6.77. The molecule has 1 heterocycles. The van der Waals surface area contributed by atoms with Crippen molar-refractivity contribution in [3.05, 3.63) is 29.3 Å². The molecule has 2 atom stereocenters. The Bertz CT molecular complexity index is 409. The molecule has 1 aromatic rings. The molecule has 0 amide bonds. The van der Waals surface area contributed by atoms with Crippen LogP contribution in [0.2, 0.25) is 0 Å². The van der Waals surface area contributed by atoms with Crippen molar-refractivity contribution < 1.29 is 9.84 Å². The van der Waals surface area contributed by atoms with Crippen LogP contribution in [0, 0.1) is 5.92 Å². The number of aliphatic hydroxyl groups is 1. The van der Waals surface area contributed by atoms with Gasteiger partial charge in [-0.15, -0.1) is 12.4 Å². The number of rotatable bonds is 5. The summed E-state index contributed by atoms with van der Waals surface area (Å²) in [6, 6.07) is 5.71. The van der Waals surface area contributed by atoms with Crippen LogP contribution >= 0.6 is 12.4 Å². The van der Waals surface area contributed by atoms with E-state index >= 15 is 0 Å². The van der Waals surface area contributed by atoms with Gasteiger partial charge in [-0.2, -0.15) is 0 Å². The van der Waals surface area contributed by atoms with Crippen LogP contribution in [0.15, 0.2) is 18.2 Å². The highest BCUT2D eigenvalue weighted by Gasteiger charge is 2.20. The quantitative estimate of drug-likeness (QED) is 0.875. The molecule has 0 unspecified atom stereocenters. The van der Waals surface area contributed by atoms with Gasteiger partial charge in [0, 0.05) is 6.42 Å². The van der Waals surface area contributed by atoms with Crippen LogP contribution in [0.3, 0.4) is 0 Å². The van der Waals surface area contributed by atoms with Crippen molar-refractivity contribution in [2.24, 2.45) is 11.7 Å². The molecule has 0 aliphatic carbocycles. The number of aliphatic hydroxyl groups excluding tert-OH is 1. The number of hydrogen-bond acceptors (Lipinski definition) is 3. The van der Waals surface area contributed by atoms with Gasteiger partial charge in [-0.05, 0) is 36.0 Å². The van der Waals surface area contributed by atoms with E-state index in [1.54, 1.807) is 0 Å². The van der Waals surface area contributed by atoms with Crippen LogP contribution in [0.25, 0.3) is 0 Å². The van der Waals surface area contributed by atoms with E-state index in [2.05, 4.69) is 19.9 Å². The second-order valence-corrected chi connectivity index (χ2v) is 5.53. The molecule has 1 aliphatic rings. The maximum Gasteiger partial charge on any atom is 0.122 e. The number of ether oxygens (including phenoxy) is 1. The van der Waals surface area contributed by atoms with Crippen LogP contribution in [0.1, 0.15) is 43.9 Å². The molecule has 0 fully saturated rings. The standard InChI is InChI=1S/C15H23NO2.ClH/c1-10(2)3-5-13(17)15(16)12-4-6-14-11(9-12)7-8-18-14;/h4,6,9-10,13,15,17H,3,5,7-8,16H2,1-2H3;1H/t13-,15+;/m0./s1. The third kappa shape index (κ3) is 4.10. The first-order chi connectivity index (χ1) is 8.58. The molecular formula is C15H24ClNO2. The molecule has 0 saturated carbocycles. The molecule has 0 aromatic heterocycles. The maximum atomic E-state index is 10.1. The molecule has 3 N–H and O–H groups in total. The van der Waals surface area contributed by atoms with E-state index in [0.717, 1.165) is 37.2 Å². The summed E-state index contributed by atoms with van der Waals surface area (Å²) in [4.78, 5) is 0. The van der Waals surface area contributed by atoms with Crippen LogP contribution in [-0.4, -0.2) is 17.8 Å². The third-order valence-electron chi connectivity index (χ3n) is 3.55. The van der Waals surface area contributed by atoms with Gasteiger partial charge in [0.25, 0.3) is 0 Å². The minimum absolute atomic E-state index is 0. The van der Waals surface area contributed by atoms with Gasteiger partial charge in [0.15, 0.2) is 0 Å². The zero-order valence-electron chi connectivity index (χ0n) is 11.6. The van der Waals surface area contributed by atoms with E-state index < -0.39 is 6.10 Å². The lowest BCUT2D eigenvalue weighted by molar-refractivity contribution is 0.128. The first-order valence-corrected chi connectivity index (χ1v) is 6.77. The predicted molar refractivity (Wildman–Crippen MR) is 79.9 cm³/mol. The first kappa shape index (κ1) is 16.3. The Morgan fingerprint density at radius 3 is 2.74 bits per heavy atom. The fourth-order valence-electron chi connectivity index (χ4n) is 2.32. The summed E-state index contributed by atoms with van der Waals surface area (Å²) in [5.41, 5.74) is 8.35. The highest BCUT2D eigenvalue weighted by atomic mass is 35.5. The summed E-state index contributed by atoms with van der Waals surface area (Å²) < 4.78 is 5.47. The highest BCUT2D eigenvalue weighted by Crippen LogP contribution is 2.29. The monoisotopic (exact) mass is 285 g/mol. The third-order valence-corrected chi connectivity index (χ3v) is 3.55. The molecule has 0 radical (unpaired) electrons. The van der Waals surface area contributed by atoms with E-state index in [-0.39, 0.29) is 18.4 Å². The molecule has 2 rings (SSSR count). The van der Waals surface area contributed by atoms with Gasteiger partial charge in [0.05, 0.1) is 18.8 Å². The van der Waals surface area contributed by atoms with E-state index in [1.165, 1.54) is 5.56 Å². The SMILES string of the molecule is CC(C)CC[C@H](O)[C@H](N)c1ccc2c(c1)CCO2.Cl. The zero-order valence-corrected chi connectivity index (χ0v) is 12.5. The topological polar surface area (TPSA) is 55.5 Å². The molecule has 19 heavy (non-hydrogen) atoms. The van der Waals surface area contributed by atoms with Crippen LogP contribution in [-0.2, 0) is 6.42 Å². The van der Waals surface area contributed by atoms with Crippen molar-refractivity contribution in [3.63, 3.8) is 0 Å². The average molecular weight is 286 g/mol. The van der Waals surface area contributed by atoms with E-state index in [4.69, 9.17) is 10.5 Å². The number of nitrogens with two attached hydrogens (primary N) is 1. The summed E-state index contributed by atoms with van der Waals surface area (Å²) >= 11 is 0. The smallest absolute Gasteiger partial charge is 0.122 e. The van der Waals surface area contributed by atoms with Gasteiger partial charge in [-0.25, -0.2) is 0 Å². The summed E-state index contributed by atoms with van der Waals surface area (Å²) in [6.07, 6.45) is 2.24. The van der Waals surface area contributed by atoms with Crippen molar-refractivity contribution in [1.82, 2.24) is 0 Å². The van der Waals surface area contributed by atoms with Crippen molar-refractivity contribution in [1.29, 1.82) is 0 Å². The summed E-state index contributed by atoms with van der Waals surface area (Å²) in [5, 5.41) is 10.1. The lowest BCUT2D eigenvalue weighted by atomic mass is 9.94. The maximum absolute atomic E-state index is 10.1. The Morgan fingerprint density at radius 2 is 2.05 bits per heavy atom. The zero-order chi connectivity index (χ0) is 13.1. The van der Waals surface area contributed by atoms with Gasteiger partial charge >= 0.3 is 0 Å². The summed E-state index contributed by atoms with van der Waals surface area (Å²) in [7, 11) is 0. The Morgan fingerprint density at radius 1 is 1.32 bits per heavy atom. The normalized spacial score (nSPS) is 16.5. The number of fused-ring (bicyclic) bond motifs is 1. The second kappa shape index (κ2) is 7.13. The fraction of sp³-hybridized carbons (Fsp3) is 0.600. The molecule has 0 bridgehead atoms. The Labute approximate surface area is 121 Å². The largest absolute Gasteiger partial charge is 0.493 e. The van der Waals surface area contributed by atoms with E-state index in [0.29, 0.717) is 5.92 Å². The lowest BCUT2D eigenvalue weighted by Crippen LogP contribution is -2.26. The average Bonchev–Trinajstić information content (AvgIpc) is 2.81.